The van der Waals surface area contributed by atoms with Crippen molar-refractivity contribution in [3.05, 3.63) is 42.5 Å². The van der Waals surface area contributed by atoms with Gasteiger partial charge in [0.05, 0.1) is 17.4 Å². The Hall–Kier alpha value is -3.03. The summed E-state index contributed by atoms with van der Waals surface area (Å²) in [6.07, 6.45) is 1.57. The molecule has 0 aliphatic carbocycles. The highest BCUT2D eigenvalue weighted by molar-refractivity contribution is 6.27. The minimum Gasteiger partial charge on any atom is -0.345 e. The Labute approximate surface area is 151 Å². The van der Waals surface area contributed by atoms with Gasteiger partial charge in [0.25, 0.3) is 5.91 Å². The molecule has 2 heterocycles. The van der Waals surface area contributed by atoms with Crippen LogP contribution in [0.25, 0.3) is 0 Å². The third-order valence-corrected chi connectivity index (χ3v) is 4.31. The lowest BCUT2D eigenvalue weighted by molar-refractivity contribution is -0.130. The van der Waals surface area contributed by atoms with E-state index in [1.807, 2.05) is 39.0 Å². The van der Waals surface area contributed by atoms with Gasteiger partial charge in [-0.15, -0.1) is 10.2 Å². The summed E-state index contributed by atoms with van der Waals surface area (Å²) in [5, 5.41) is 16.4. The van der Waals surface area contributed by atoms with Crippen LogP contribution < -0.4 is 10.3 Å². The second-order valence-corrected chi connectivity index (χ2v) is 6.63. The summed E-state index contributed by atoms with van der Waals surface area (Å²) in [7, 11) is 1.80. The van der Waals surface area contributed by atoms with E-state index < -0.39 is 5.92 Å². The average molecular weight is 354 g/mol. The van der Waals surface area contributed by atoms with Crippen LogP contribution in [0.4, 0.5) is 5.69 Å². The smallest absolute Gasteiger partial charge is 0.265 e. The van der Waals surface area contributed by atoms with Gasteiger partial charge in [0.1, 0.15) is 6.33 Å². The Morgan fingerprint density at radius 1 is 1.19 bits per heavy atom. The molecule has 0 bridgehead atoms. The van der Waals surface area contributed by atoms with E-state index in [0.717, 1.165) is 0 Å². The molecule has 1 N–H and O–H groups in total. The van der Waals surface area contributed by atoms with Gasteiger partial charge in [0.2, 0.25) is 5.91 Å². The van der Waals surface area contributed by atoms with Crippen LogP contribution in [0, 0.1) is 11.8 Å². The molecule has 1 aromatic heterocycles. The largest absolute Gasteiger partial charge is 0.345 e. The third kappa shape index (κ3) is 3.22. The fraction of sp³-hybridized carbons (Fsp3) is 0.389. The number of carbonyl (C=O) groups excluding carboxylic acids is 2. The van der Waals surface area contributed by atoms with E-state index in [2.05, 4.69) is 20.6 Å². The normalized spacial score (nSPS) is 18.2. The van der Waals surface area contributed by atoms with Crippen LogP contribution in [0.15, 0.2) is 41.8 Å². The van der Waals surface area contributed by atoms with Gasteiger partial charge in [-0.05, 0) is 25.0 Å². The number of hydrazone groups is 1. The van der Waals surface area contributed by atoms with E-state index in [-0.39, 0.29) is 23.8 Å². The van der Waals surface area contributed by atoms with E-state index in [9.17, 15) is 9.59 Å². The molecule has 2 amide bonds. The molecule has 0 saturated carbocycles. The second-order valence-electron chi connectivity index (χ2n) is 6.63. The number of nitrogens with zero attached hydrogens (tertiary/aromatic N) is 5. The summed E-state index contributed by atoms with van der Waals surface area (Å²) in [5.41, 5.74) is 1.20. The van der Waals surface area contributed by atoms with Crippen LogP contribution in [0.2, 0.25) is 0 Å². The highest BCUT2D eigenvalue weighted by Crippen LogP contribution is 2.27. The van der Waals surface area contributed by atoms with Crippen molar-refractivity contribution >= 4 is 23.2 Å². The Morgan fingerprint density at radius 2 is 1.88 bits per heavy atom. The number of hydrogen-bond acceptors (Lipinski definition) is 5. The van der Waals surface area contributed by atoms with Crippen molar-refractivity contribution in [1.82, 2.24) is 20.1 Å². The first kappa shape index (κ1) is 17.8. The zero-order valence-electron chi connectivity index (χ0n) is 15.2. The fourth-order valence-electron chi connectivity index (χ4n) is 2.97. The standard InChI is InChI=1S/C18H22N6O2/c1-11(2)15-14(17(25)20-12(3)16-21-19-10-23(16)4)18(26)24(22-15)13-8-6-5-7-9-13/h5-12,14H,1-4H3,(H,20,25)/t12-,14-/m1/s1. The lowest BCUT2D eigenvalue weighted by Crippen LogP contribution is -2.42. The fourth-order valence-corrected chi connectivity index (χ4v) is 2.97. The molecular weight excluding hydrogens is 332 g/mol. The molecule has 0 unspecified atom stereocenters. The maximum Gasteiger partial charge on any atom is 0.265 e. The second kappa shape index (κ2) is 7.07. The molecule has 1 aliphatic rings. The third-order valence-electron chi connectivity index (χ3n) is 4.31. The summed E-state index contributed by atoms with van der Waals surface area (Å²) in [6.45, 7) is 5.66. The zero-order valence-corrected chi connectivity index (χ0v) is 15.2. The zero-order chi connectivity index (χ0) is 18.8. The Kier molecular flexibility index (Phi) is 4.83. The van der Waals surface area contributed by atoms with Crippen molar-refractivity contribution in [3.63, 3.8) is 0 Å². The van der Waals surface area contributed by atoms with E-state index in [1.165, 1.54) is 5.01 Å². The van der Waals surface area contributed by atoms with E-state index in [0.29, 0.717) is 17.2 Å². The molecule has 0 radical (unpaired) electrons. The number of aryl methyl sites for hydroxylation is 1. The minimum absolute atomic E-state index is 0.0338. The van der Waals surface area contributed by atoms with E-state index >= 15 is 0 Å². The number of anilines is 1. The SMILES string of the molecule is CC(C)C1=NN(c2ccccc2)C(=O)[C@H]1C(=O)N[C@H](C)c1nncn1C. The van der Waals surface area contributed by atoms with Crippen LogP contribution in [0.5, 0.6) is 0 Å². The number of rotatable bonds is 5. The van der Waals surface area contributed by atoms with Gasteiger partial charge in [0, 0.05) is 7.05 Å². The number of amides is 2. The number of hydrogen-bond donors (Lipinski definition) is 1. The Balaban J connectivity index is 1.84. The first-order valence-electron chi connectivity index (χ1n) is 8.51. The lowest BCUT2D eigenvalue weighted by Gasteiger charge is -2.18. The van der Waals surface area contributed by atoms with Crippen molar-refractivity contribution < 1.29 is 9.59 Å². The molecule has 26 heavy (non-hydrogen) atoms. The molecule has 2 aromatic rings. The summed E-state index contributed by atoms with van der Waals surface area (Å²) in [5.74, 6) is -1.08. The van der Waals surface area contributed by atoms with Gasteiger partial charge in [-0.2, -0.15) is 10.1 Å². The average Bonchev–Trinajstić information content (AvgIpc) is 3.19. The van der Waals surface area contributed by atoms with Crippen LogP contribution in [0.1, 0.15) is 32.6 Å². The molecule has 2 atom stereocenters. The maximum absolute atomic E-state index is 12.9. The predicted molar refractivity (Wildman–Crippen MR) is 97.3 cm³/mol. The monoisotopic (exact) mass is 354 g/mol. The van der Waals surface area contributed by atoms with Crippen molar-refractivity contribution in [3.8, 4) is 0 Å². The first-order chi connectivity index (χ1) is 12.4. The molecular formula is C18H22N6O2. The van der Waals surface area contributed by atoms with Crippen LogP contribution in [-0.4, -0.2) is 32.3 Å². The van der Waals surface area contributed by atoms with Crippen molar-refractivity contribution in [1.29, 1.82) is 0 Å². The number of para-hydroxylation sites is 1. The van der Waals surface area contributed by atoms with Crippen LogP contribution in [0.3, 0.4) is 0 Å². The molecule has 136 valence electrons. The van der Waals surface area contributed by atoms with Gasteiger partial charge < -0.3 is 9.88 Å². The number of benzene rings is 1. The number of nitrogens with one attached hydrogen (secondary N) is 1. The Morgan fingerprint density at radius 3 is 2.46 bits per heavy atom. The lowest BCUT2D eigenvalue weighted by atomic mass is 9.93. The maximum atomic E-state index is 12.9. The van der Waals surface area contributed by atoms with E-state index in [4.69, 9.17) is 0 Å². The summed E-state index contributed by atoms with van der Waals surface area (Å²) < 4.78 is 1.73. The van der Waals surface area contributed by atoms with Crippen LogP contribution >= 0.6 is 0 Å². The summed E-state index contributed by atoms with van der Waals surface area (Å²) >= 11 is 0. The number of carbonyl (C=O) groups is 2. The van der Waals surface area contributed by atoms with Gasteiger partial charge in [-0.3, -0.25) is 9.59 Å². The van der Waals surface area contributed by atoms with Crippen LogP contribution in [-0.2, 0) is 16.6 Å². The number of aromatic nitrogens is 3. The van der Waals surface area contributed by atoms with Gasteiger partial charge in [0.15, 0.2) is 11.7 Å². The molecule has 0 fully saturated rings. The van der Waals surface area contributed by atoms with Gasteiger partial charge >= 0.3 is 0 Å². The Bertz CT molecular complexity index is 842. The molecule has 1 aliphatic heterocycles. The molecule has 8 nitrogen and oxygen atoms in total. The minimum atomic E-state index is -0.939. The molecule has 0 spiro atoms. The molecule has 1 aromatic carbocycles. The predicted octanol–water partition coefficient (Wildman–Crippen LogP) is 1.67. The molecule has 0 saturated heterocycles. The highest BCUT2D eigenvalue weighted by Gasteiger charge is 2.43. The topological polar surface area (TPSA) is 92.5 Å². The van der Waals surface area contributed by atoms with E-state index in [1.54, 1.807) is 30.1 Å². The van der Waals surface area contributed by atoms with Gasteiger partial charge in [-0.1, -0.05) is 32.0 Å². The summed E-state index contributed by atoms with van der Waals surface area (Å²) in [6, 6.07) is 8.74. The molecule has 3 rings (SSSR count). The van der Waals surface area contributed by atoms with Gasteiger partial charge in [-0.25, -0.2) is 0 Å². The quantitative estimate of drug-likeness (QED) is 0.827. The van der Waals surface area contributed by atoms with Crippen molar-refractivity contribution in [2.24, 2.45) is 24.0 Å². The van der Waals surface area contributed by atoms with Crippen molar-refractivity contribution in [2.45, 2.75) is 26.8 Å². The highest BCUT2D eigenvalue weighted by atomic mass is 16.2. The first-order valence-corrected chi connectivity index (χ1v) is 8.51. The molecule has 8 heteroatoms. The van der Waals surface area contributed by atoms with Crippen molar-refractivity contribution in [2.75, 3.05) is 5.01 Å². The summed E-state index contributed by atoms with van der Waals surface area (Å²) in [4.78, 5) is 25.8.